The first kappa shape index (κ1) is 16.4. The lowest BCUT2D eigenvalue weighted by molar-refractivity contribution is -0.140. The van der Waals surface area contributed by atoms with Gasteiger partial charge in [-0.15, -0.1) is 0 Å². The van der Waals surface area contributed by atoms with E-state index in [2.05, 4.69) is 14.5 Å². The van der Waals surface area contributed by atoms with E-state index in [1.54, 1.807) is 7.11 Å². The summed E-state index contributed by atoms with van der Waals surface area (Å²) in [5.41, 5.74) is 0. The highest BCUT2D eigenvalue weighted by Crippen LogP contribution is 2.22. The maximum atomic E-state index is 12.8. The van der Waals surface area contributed by atoms with Gasteiger partial charge in [-0.3, -0.25) is 9.69 Å². The van der Waals surface area contributed by atoms with Gasteiger partial charge in [0, 0.05) is 39.1 Å². The van der Waals surface area contributed by atoms with Crippen molar-refractivity contribution in [1.29, 1.82) is 0 Å². The van der Waals surface area contributed by atoms with Crippen LogP contribution < -0.4 is 0 Å². The second-order valence-electron chi connectivity index (χ2n) is 6.10. The van der Waals surface area contributed by atoms with Gasteiger partial charge in [-0.05, 0) is 19.4 Å². The van der Waals surface area contributed by atoms with Crippen molar-refractivity contribution in [1.82, 2.24) is 19.4 Å². The molecule has 3 rings (SSSR count). The quantitative estimate of drug-likeness (QED) is 0.756. The Labute approximate surface area is 137 Å². The molecule has 0 unspecified atom stereocenters. The molecule has 128 valence electrons. The Morgan fingerprint density at radius 3 is 3.00 bits per heavy atom. The Kier molecular flexibility index (Phi) is 5.64. The minimum atomic E-state index is -0.0133. The monoisotopic (exact) mass is 322 g/mol. The van der Waals surface area contributed by atoms with E-state index < -0.39 is 0 Å². The lowest BCUT2D eigenvalue weighted by Gasteiger charge is -2.32. The Morgan fingerprint density at radius 1 is 1.39 bits per heavy atom. The number of carbonyl (C=O) groups is 1. The lowest BCUT2D eigenvalue weighted by Crippen LogP contribution is -2.49. The average molecular weight is 322 g/mol. The van der Waals surface area contributed by atoms with Crippen molar-refractivity contribution in [2.24, 2.45) is 0 Å². The van der Waals surface area contributed by atoms with E-state index in [-0.39, 0.29) is 11.9 Å². The molecule has 0 spiro atoms. The summed E-state index contributed by atoms with van der Waals surface area (Å²) < 4.78 is 12.6. The molecule has 7 heteroatoms. The minimum absolute atomic E-state index is 0.0133. The van der Waals surface area contributed by atoms with Crippen molar-refractivity contribution in [3.05, 3.63) is 18.2 Å². The van der Waals surface area contributed by atoms with Crippen LogP contribution in [0, 0.1) is 0 Å². The fourth-order valence-electron chi connectivity index (χ4n) is 3.36. The molecule has 0 aromatic carbocycles. The van der Waals surface area contributed by atoms with Crippen molar-refractivity contribution in [3.8, 4) is 0 Å². The van der Waals surface area contributed by atoms with Crippen molar-refractivity contribution >= 4 is 5.91 Å². The lowest BCUT2D eigenvalue weighted by atomic mass is 10.2. The molecule has 1 atom stereocenters. The molecule has 1 aromatic rings. The van der Waals surface area contributed by atoms with Gasteiger partial charge in [0.25, 0.3) is 0 Å². The number of morpholine rings is 1. The zero-order valence-electron chi connectivity index (χ0n) is 13.8. The van der Waals surface area contributed by atoms with Crippen LogP contribution in [0.1, 0.15) is 18.7 Å². The number of methoxy groups -OCH3 is 1. The third kappa shape index (κ3) is 3.91. The molecule has 0 saturated carbocycles. The van der Waals surface area contributed by atoms with Gasteiger partial charge in [0.05, 0.1) is 32.4 Å². The molecule has 2 saturated heterocycles. The van der Waals surface area contributed by atoms with Crippen LogP contribution in [0.2, 0.25) is 0 Å². The normalized spacial score (nSPS) is 22.7. The summed E-state index contributed by atoms with van der Waals surface area (Å²) in [6.45, 7) is 5.87. The molecule has 0 aliphatic carbocycles. The summed E-state index contributed by atoms with van der Waals surface area (Å²) in [6, 6.07) is -0.0133. The highest BCUT2D eigenvalue weighted by atomic mass is 16.5. The molecule has 2 aliphatic heterocycles. The van der Waals surface area contributed by atoms with E-state index in [1.807, 2.05) is 17.3 Å². The second kappa shape index (κ2) is 7.90. The van der Waals surface area contributed by atoms with Gasteiger partial charge in [-0.2, -0.15) is 0 Å². The Balaban J connectivity index is 1.62. The van der Waals surface area contributed by atoms with Crippen LogP contribution in [0.3, 0.4) is 0 Å². The predicted octanol–water partition coefficient (Wildman–Crippen LogP) is 0.353. The van der Waals surface area contributed by atoms with E-state index in [0.717, 1.165) is 38.3 Å². The topological polar surface area (TPSA) is 59.8 Å². The maximum Gasteiger partial charge on any atom is 0.240 e. The number of hydrogen-bond acceptors (Lipinski definition) is 5. The van der Waals surface area contributed by atoms with E-state index >= 15 is 0 Å². The summed E-state index contributed by atoms with van der Waals surface area (Å²) in [5, 5.41) is 0. The highest BCUT2D eigenvalue weighted by Gasteiger charge is 2.34. The molecule has 1 aromatic heterocycles. The predicted molar refractivity (Wildman–Crippen MR) is 84.9 cm³/mol. The number of carbonyl (C=O) groups excluding carboxylic acids is 1. The number of rotatable bonds is 6. The van der Waals surface area contributed by atoms with E-state index in [4.69, 9.17) is 9.47 Å². The van der Waals surface area contributed by atoms with Gasteiger partial charge >= 0.3 is 0 Å². The van der Waals surface area contributed by atoms with Gasteiger partial charge in [0.15, 0.2) is 0 Å². The zero-order valence-corrected chi connectivity index (χ0v) is 13.8. The second-order valence-corrected chi connectivity index (χ2v) is 6.10. The number of imidazole rings is 1. The molecule has 1 amide bonds. The summed E-state index contributed by atoms with van der Waals surface area (Å²) in [4.78, 5) is 21.5. The van der Waals surface area contributed by atoms with Gasteiger partial charge in [0.2, 0.25) is 5.91 Å². The summed E-state index contributed by atoms with van der Waals surface area (Å²) in [5.74, 6) is 1.25. The summed E-state index contributed by atoms with van der Waals surface area (Å²) in [7, 11) is 1.70. The molecule has 23 heavy (non-hydrogen) atoms. The van der Waals surface area contributed by atoms with Crippen LogP contribution in [-0.2, 0) is 27.4 Å². The average Bonchev–Trinajstić information content (AvgIpc) is 3.23. The SMILES string of the molecule is COCCn1ccnc1CN1CCC[C@H]1C(=O)N1CCOCC1. The van der Waals surface area contributed by atoms with Crippen LogP contribution in [0.5, 0.6) is 0 Å². The van der Waals surface area contributed by atoms with Crippen molar-refractivity contribution in [2.45, 2.75) is 32.0 Å². The number of ether oxygens (including phenoxy) is 2. The van der Waals surface area contributed by atoms with Gasteiger partial charge < -0.3 is 18.9 Å². The first-order chi connectivity index (χ1) is 11.3. The Morgan fingerprint density at radius 2 is 2.22 bits per heavy atom. The van der Waals surface area contributed by atoms with Crippen molar-refractivity contribution in [2.75, 3.05) is 46.6 Å². The number of amides is 1. The first-order valence-corrected chi connectivity index (χ1v) is 8.39. The number of hydrogen-bond donors (Lipinski definition) is 0. The fourth-order valence-corrected chi connectivity index (χ4v) is 3.36. The number of likely N-dealkylation sites (tertiary alicyclic amines) is 1. The summed E-state index contributed by atoms with van der Waals surface area (Å²) in [6.07, 6.45) is 5.80. The third-order valence-electron chi connectivity index (χ3n) is 4.65. The number of aromatic nitrogens is 2. The molecule has 3 heterocycles. The Bertz CT molecular complexity index is 513. The largest absolute Gasteiger partial charge is 0.383 e. The zero-order chi connectivity index (χ0) is 16.1. The molecular formula is C16H26N4O3. The molecular weight excluding hydrogens is 296 g/mol. The standard InChI is InChI=1S/C16H26N4O3/c1-22-10-7-18-6-4-17-15(18)13-20-5-2-3-14(20)16(21)19-8-11-23-12-9-19/h4,6,14H,2-3,5,7-13H2,1H3/t14-/m0/s1. The highest BCUT2D eigenvalue weighted by molar-refractivity contribution is 5.82. The van der Waals surface area contributed by atoms with Gasteiger partial charge in [-0.1, -0.05) is 0 Å². The van der Waals surface area contributed by atoms with Crippen molar-refractivity contribution in [3.63, 3.8) is 0 Å². The smallest absolute Gasteiger partial charge is 0.240 e. The fraction of sp³-hybridized carbons (Fsp3) is 0.750. The van der Waals surface area contributed by atoms with Crippen LogP contribution in [0.15, 0.2) is 12.4 Å². The molecule has 0 N–H and O–H groups in total. The van der Waals surface area contributed by atoms with Crippen LogP contribution in [0.25, 0.3) is 0 Å². The summed E-state index contributed by atoms with van der Waals surface area (Å²) >= 11 is 0. The van der Waals surface area contributed by atoms with Crippen LogP contribution >= 0.6 is 0 Å². The Hall–Kier alpha value is -1.44. The van der Waals surface area contributed by atoms with Crippen molar-refractivity contribution < 1.29 is 14.3 Å². The van der Waals surface area contributed by atoms with Crippen LogP contribution in [0.4, 0.5) is 0 Å². The third-order valence-corrected chi connectivity index (χ3v) is 4.65. The number of nitrogens with zero attached hydrogens (tertiary/aromatic N) is 4. The van der Waals surface area contributed by atoms with Gasteiger partial charge in [0.1, 0.15) is 5.82 Å². The van der Waals surface area contributed by atoms with E-state index in [1.165, 1.54) is 0 Å². The molecule has 7 nitrogen and oxygen atoms in total. The van der Waals surface area contributed by atoms with Crippen LogP contribution in [-0.4, -0.2) is 77.9 Å². The molecule has 2 fully saturated rings. The van der Waals surface area contributed by atoms with Gasteiger partial charge in [-0.25, -0.2) is 4.98 Å². The van der Waals surface area contributed by atoms with E-state index in [9.17, 15) is 4.79 Å². The molecule has 2 aliphatic rings. The molecule has 0 radical (unpaired) electrons. The first-order valence-electron chi connectivity index (χ1n) is 8.39. The van der Waals surface area contributed by atoms with E-state index in [0.29, 0.717) is 32.9 Å². The minimum Gasteiger partial charge on any atom is -0.383 e. The maximum absolute atomic E-state index is 12.8. The molecule has 0 bridgehead atoms.